The normalized spacial score (nSPS) is 14.5. The molecule has 4 nitrogen and oxygen atoms in total. The van der Waals surface area contributed by atoms with Gasteiger partial charge in [0.1, 0.15) is 5.75 Å². The van der Waals surface area contributed by atoms with Gasteiger partial charge in [-0.1, -0.05) is 24.3 Å². The van der Waals surface area contributed by atoms with Crippen molar-refractivity contribution in [2.75, 3.05) is 7.11 Å². The van der Waals surface area contributed by atoms with Crippen molar-refractivity contribution in [2.45, 2.75) is 58.6 Å². The largest absolute Gasteiger partial charge is 0.573 e. The van der Waals surface area contributed by atoms with E-state index in [1.807, 2.05) is 18.2 Å². The predicted molar refractivity (Wildman–Crippen MR) is 107 cm³/mol. The van der Waals surface area contributed by atoms with Crippen LogP contribution in [-0.2, 0) is 24.2 Å². The number of rotatable bonds is 6. The number of hydrogen-bond donors (Lipinski definition) is 0. The van der Waals surface area contributed by atoms with Crippen LogP contribution in [0.3, 0.4) is 0 Å². The third-order valence-electron chi connectivity index (χ3n) is 5.75. The van der Waals surface area contributed by atoms with Crippen LogP contribution in [0.25, 0.3) is 0 Å². The summed E-state index contributed by atoms with van der Waals surface area (Å²) in [6.07, 6.45) is -3.36. The van der Waals surface area contributed by atoms with Crippen molar-refractivity contribution in [3.8, 4) is 5.75 Å². The van der Waals surface area contributed by atoms with Gasteiger partial charge in [0.25, 0.3) is 0 Å². The molecule has 1 aliphatic rings. The molecule has 0 atom stereocenters. The molecule has 0 bridgehead atoms. The van der Waals surface area contributed by atoms with Crippen molar-refractivity contribution < 1.29 is 27.4 Å². The van der Waals surface area contributed by atoms with Gasteiger partial charge in [0.15, 0.2) is 0 Å². The zero-order valence-electron chi connectivity index (χ0n) is 17.6. The standard InChI is InChI=1S/C23H26F3NO3/c1-15-8-9-16(12-20(15)30-23(24,25)26)10-11-22(2,3)27-13-17-6-5-7-18(19(17)14-27)21(28)29-4/h5-9,12H,10-11,13-14H2,1-4H3. The van der Waals surface area contributed by atoms with E-state index in [1.165, 1.54) is 13.2 Å². The quantitative estimate of drug-likeness (QED) is 0.585. The first-order valence-electron chi connectivity index (χ1n) is 9.79. The number of hydrogen-bond acceptors (Lipinski definition) is 4. The van der Waals surface area contributed by atoms with Gasteiger partial charge >= 0.3 is 12.3 Å². The Balaban J connectivity index is 1.71. The molecular formula is C23H26F3NO3. The number of nitrogens with zero attached hydrogens (tertiary/aromatic N) is 1. The highest BCUT2D eigenvalue weighted by molar-refractivity contribution is 5.91. The lowest BCUT2D eigenvalue weighted by Crippen LogP contribution is -2.40. The summed E-state index contributed by atoms with van der Waals surface area (Å²) in [4.78, 5) is 14.3. The maximum Gasteiger partial charge on any atom is 0.573 e. The molecule has 0 amide bonds. The number of aryl methyl sites for hydroxylation is 2. The van der Waals surface area contributed by atoms with Crippen molar-refractivity contribution in [3.05, 3.63) is 64.2 Å². The molecule has 0 N–H and O–H groups in total. The molecule has 2 aromatic rings. The number of carbonyl (C=O) groups is 1. The lowest BCUT2D eigenvalue weighted by molar-refractivity contribution is -0.274. The lowest BCUT2D eigenvalue weighted by atomic mass is 9.93. The van der Waals surface area contributed by atoms with Crippen LogP contribution in [0.4, 0.5) is 13.2 Å². The Morgan fingerprint density at radius 3 is 2.53 bits per heavy atom. The molecule has 30 heavy (non-hydrogen) atoms. The minimum Gasteiger partial charge on any atom is -0.465 e. The zero-order valence-corrected chi connectivity index (χ0v) is 17.6. The van der Waals surface area contributed by atoms with Crippen molar-refractivity contribution >= 4 is 5.97 Å². The third kappa shape index (κ3) is 4.95. The smallest absolute Gasteiger partial charge is 0.465 e. The summed E-state index contributed by atoms with van der Waals surface area (Å²) >= 11 is 0. The highest BCUT2D eigenvalue weighted by atomic mass is 19.4. The first-order valence-corrected chi connectivity index (χ1v) is 9.79. The number of carbonyl (C=O) groups excluding carboxylic acids is 1. The zero-order chi connectivity index (χ0) is 22.1. The van der Waals surface area contributed by atoms with Crippen molar-refractivity contribution in [1.82, 2.24) is 4.90 Å². The maximum absolute atomic E-state index is 12.6. The number of benzene rings is 2. The second-order valence-corrected chi connectivity index (χ2v) is 8.25. The summed E-state index contributed by atoms with van der Waals surface area (Å²) in [6.45, 7) is 7.15. The first kappa shape index (κ1) is 22.2. The number of methoxy groups -OCH3 is 1. The van der Waals surface area contributed by atoms with Crippen molar-refractivity contribution in [2.24, 2.45) is 0 Å². The van der Waals surface area contributed by atoms with Gasteiger partial charge in [0.05, 0.1) is 12.7 Å². The lowest BCUT2D eigenvalue weighted by Gasteiger charge is -2.35. The van der Waals surface area contributed by atoms with E-state index in [0.717, 1.165) is 23.1 Å². The topological polar surface area (TPSA) is 38.8 Å². The Bertz CT molecular complexity index is 938. The minimum atomic E-state index is -4.71. The van der Waals surface area contributed by atoms with Gasteiger partial charge < -0.3 is 9.47 Å². The first-order chi connectivity index (χ1) is 14.0. The molecule has 1 heterocycles. The van der Waals surface area contributed by atoms with Gasteiger partial charge in [-0.15, -0.1) is 13.2 Å². The van der Waals surface area contributed by atoms with Crippen LogP contribution in [0.15, 0.2) is 36.4 Å². The number of fused-ring (bicyclic) bond motifs is 1. The van der Waals surface area contributed by atoms with Crippen molar-refractivity contribution in [1.29, 1.82) is 0 Å². The summed E-state index contributed by atoms with van der Waals surface area (Å²) in [7, 11) is 1.37. The summed E-state index contributed by atoms with van der Waals surface area (Å²) in [5.74, 6) is -0.502. The van der Waals surface area contributed by atoms with E-state index in [0.29, 0.717) is 30.6 Å². The average molecular weight is 421 g/mol. The van der Waals surface area contributed by atoms with E-state index in [4.69, 9.17) is 4.74 Å². The van der Waals surface area contributed by atoms with Crippen LogP contribution in [0, 0.1) is 6.92 Å². The SMILES string of the molecule is COC(=O)c1cccc2c1CN(C(C)(C)CCc1ccc(C)c(OC(F)(F)F)c1)C2. The van der Waals surface area contributed by atoms with Crippen LogP contribution < -0.4 is 4.74 Å². The molecule has 0 aliphatic carbocycles. The molecule has 0 aromatic heterocycles. The summed E-state index contributed by atoms with van der Waals surface area (Å²) < 4.78 is 46.9. The monoisotopic (exact) mass is 421 g/mol. The van der Waals surface area contributed by atoms with Gasteiger partial charge in [0.2, 0.25) is 0 Å². The molecule has 7 heteroatoms. The number of alkyl halides is 3. The Kier molecular flexibility index (Phi) is 6.13. The Morgan fingerprint density at radius 2 is 1.87 bits per heavy atom. The van der Waals surface area contributed by atoms with Crippen LogP contribution >= 0.6 is 0 Å². The third-order valence-corrected chi connectivity index (χ3v) is 5.75. The summed E-state index contributed by atoms with van der Waals surface area (Å²) in [5.41, 5.74) is 3.68. The molecule has 0 saturated carbocycles. The molecule has 1 aliphatic heterocycles. The second-order valence-electron chi connectivity index (χ2n) is 8.25. The molecule has 0 unspecified atom stereocenters. The molecular weight excluding hydrogens is 395 g/mol. The fourth-order valence-corrected chi connectivity index (χ4v) is 3.79. The Labute approximate surface area is 174 Å². The predicted octanol–water partition coefficient (Wildman–Crippen LogP) is 5.41. The molecule has 3 rings (SSSR count). The summed E-state index contributed by atoms with van der Waals surface area (Å²) in [6, 6.07) is 10.6. The van der Waals surface area contributed by atoms with Gasteiger partial charge in [-0.25, -0.2) is 4.79 Å². The van der Waals surface area contributed by atoms with E-state index in [-0.39, 0.29) is 17.3 Å². The van der Waals surface area contributed by atoms with E-state index >= 15 is 0 Å². The molecule has 0 saturated heterocycles. The summed E-state index contributed by atoms with van der Waals surface area (Å²) in [5, 5.41) is 0. The highest BCUT2D eigenvalue weighted by Gasteiger charge is 2.34. The van der Waals surface area contributed by atoms with Gasteiger partial charge in [0, 0.05) is 18.6 Å². The van der Waals surface area contributed by atoms with Gasteiger partial charge in [-0.3, -0.25) is 4.90 Å². The van der Waals surface area contributed by atoms with Crippen LogP contribution in [0.2, 0.25) is 0 Å². The van der Waals surface area contributed by atoms with Crippen LogP contribution in [0.5, 0.6) is 5.75 Å². The fraction of sp³-hybridized carbons (Fsp3) is 0.435. The molecule has 162 valence electrons. The van der Waals surface area contributed by atoms with E-state index < -0.39 is 6.36 Å². The average Bonchev–Trinajstić information content (AvgIpc) is 3.12. The minimum absolute atomic E-state index is 0.158. The molecule has 0 radical (unpaired) electrons. The number of esters is 1. The van der Waals surface area contributed by atoms with E-state index in [1.54, 1.807) is 19.1 Å². The van der Waals surface area contributed by atoms with Crippen LogP contribution in [-0.4, -0.2) is 29.9 Å². The highest BCUT2D eigenvalue weighted by Crippen LogP contribution is 2.34. The van der Waals surface area contributed by atoms with E-state index in [9.17, 15) is 18.0 Å². The van der Waals surface area contributed by atoms with Gasteiger partial charge in [-0.05, 0) is 68.0 Å². The maximum atomic E-state index is 12.6. The molecule has 0 fully saturated rings. The van der Waals surface area contributed by atoms with Crippen LogP contribution in [0.1, 0.15) is 52.9 Å². The van der Waals surface area contributed by atoms with E-state index in [2.05, 4.69) is 23.5 Å². The molecule has 0 spiro atoms. The van der Waals surface area contributed by atoms with Crippen molar-refractivity contribution in [3.63, 3.8) is 0 Å². The number of ether oxygens (including phenoxy) is 2. The molecule has 2 aromatic carbocycles. The fourth-order valence-electron chi connectivity index (χ4n) is 3.79. The Morgan fingerprint density at radius 1 is 1.13 bits per heavy atom. The number of halogens is 3. The Hall–Kier alpha value is -2.54. The second kappa shape index (κ2) is 8.30. The van der Waals surface area contributed by atoms with Gasteiger partial charge in [-0.2, -0.15) is 0 Å².